The first-order chi connectivity index (χ1) is 7.48. The van der Waals surface area contributed by atoms with Gasteiger partial charge in [-0.1, -0.05) is 33.8 Å². The lowest BCUT2D eigenvalue weighted by Gasteiger charge is -2.10. The van der Waals surface area contributed by atoms with Crippen molar-refractivity contribution in [1.82, 2.24) is 0 Å². The van der Waals surface area contributed by atoms with Crippen molar-refractivity contribution < 1.29 is 0 Å². The van der Waals surface area contributed by atoms with Crippen LogP contribution in [0.5, 0.6) is 0 Å². The van der Waals surface area contributed by atoms with Crippen LogP contribution >= 0.6 is 27.7 Å². The average molecular weight is 299 g/mol. The summed E-state index contributed by atoms with van der Waals surface area (Å²) in [5.74, 6) is 1.04. The highest BCUT2D eigenvalue weighted by Gasteiger charge is 2.25. The Balaban J connectivity index is 2.20. The second-order valence-corrected chi connectivity index (χ2v) is 6.37. The highest BCUT2D eigenvalue weighted by atomic mass is 79.9. The summed E-state index contributed by atoms with van der Waals surface area (Å²) in [6.45, 7) is 6.41. The highest BCUT2D eigenvalue weighted by Crippen LogP contribution is 2.30. The molecule has 0 amide bonds. The average Bonchev–Trinajstić information content (AvgIpc) is 2.53. The predicted octanol–water partition coefficient (Wildman–Crippen LogP) is 4.05. The molecule has 0 atom stereocenters. The third kappa shape index (κ3) is 2.61. The van der Waals surface area contributed by atoms with Gasteiger partial charge < -0.3 is 5.32 Å². The summed E-state index contributed by atoms with van der Waals surface area (Å²) >= 11 is 5.31. The lowest BCUT2D eigenvalue weighted by atomic mass is 10.1. The zero-order chi connectivity index (χ0) is 11.8. The van der Waals surface area contributed by atoms with Crippen LogP contribution in [0.4, 0.5) is 5.69 Å². The molecular formula is C12H15BrN2S. The van der Waals surface area contributed by atoms with Crippen molar-refractivity contribution in [3.05, 3.63) is 28.2 Å². The Hall–Kier alpha value is -0.480. The zero-order valence-electron chi connectivity index (χ0n) is 9.67. The largest absolute Gasteiger partial charge is 0.335 e. The van der Waals surface area contributed by atoms with E-state index >= 15 is 0 Å². The van der Waals surface area contributed by atoms with Crippen molar-refractivity contribution in [3.63, 3.8) is 0 Å². The minimum absolute atomic E-state index is 0.0624. The second-order valence-electron chi connectivity index (χ2n) is 4.56. The van der Waals surface area contributed by atoms with Gasteiger partial charge in [-0.05, 0) is 38.5 Å². The van der Waals surface area contributed by atoms with E-state index in [2.05, 4.69) is 53.1 Å². The number of hydrogen-bond donors (Lipinski definition) is 1. The van der Waals surface area contributed by atoms with Gasteiger partial charge in [0.2, 0.25) is 0 Å². The molecule has 0 saturated heterocycles. The number of thioether (sulfide) groups is 1. The summed E-state index contributed by atoms with van der Waals surface area (Å²) in [6.07, 6.45) is 0. The molecule has 0 bridgehead atoms. The number of nitrogens with zero attached hydrogens (tertiary/aromatic N) is 1. The van der Waals surface area contributed by atoms with Crippen LogP contribution in [0.2, 0.25) is 0 Å². The third-order valence-corrected chi connectivity index (χ3v) is 4.65. The Labute approximate surface area is 109 Å². The first-order valence-electron chi connectivity index (χ1n) is 5.23. The lowest BCUT2D eigenvalue weighted by molar-refractivity contribution is 0.605. The highest BCUT2D eigenvalue weighted by molar-refractivity contribution is 9.10. The van der Waals surface area contributed by atoms with Gasteiger partial charge in [0, 0.05) is 15.9 Å². The maximum atomic E-state index is 4.64. The first-order valence-corrected chi connectivity index (χ1v) is 7.01. The van der Waals surface area contributed by atoms with E-state index in [0.717, 1.165) is 21.1 Å². The van der Waals surface area contributed by atoms with Crippen LogP contribution in [-0.2, 0) is 0 Å². The molecule has 0 aromatic heterocycles. The van der Waals surface area contributed by atoms with Gasteiger partial charge in [-0.3, -0.25) is 4.99 Å². The Kier molecular flexibility index (Phi) is 3.31. The number of amidine groups is 1. The molecule has 1 N–H and O–H groups in total. The van der Waals surface area contributed by atoms with Gasteiger partial charge in [-0.15, -0.1) is 0 Å². The van der Waals surface area contributed by atoms with Gasteiger partial charge in [-0.2, -0.15) is 0 Å². The standard InChI is InChI=1S/C12H15BrN2S/c1-8-9(13)5-4-6-10(8)14-11-15-12(2,3)7-16-11/h4-6H,7H2,1-3H3,(H,14,15). The molecule has 1 aliphatic heterocycles. The number of rotatable bonds is 1. The summed E-state index contributed by atoms with van der Waals surface area (Å²) in [6, 6.07) is 6.16. The Morgan fingerprint density at radius 3 is 2.81 bits per heavy atom. The van der Waals surface area contributed by atoms with Crippen molar-refractivity contribution in [2.45, 2.75) is 26.3 Å². The summed E-state index contributed by atoms with van der Waals surface area (Å²) in [7, 11) is 0. The van der Waals surface area contributed by atoms with Crippen LogP contribution in [0.3, 0.4) is 0 Å². The van der Waals surface area contributed by atoms with Crippen LogP contribution in [0.25, 0.3) is 0 Å². The molecule has 4 heteroatoms. The molecule has 2 nitrogen and oxygen atoms in total. The second kappa shape index (κ2) is 4.41. The van der Waals surface area contributed by atoms with Crippen LogP contribution in [0.15, 0.2) is 27.7 Å². The van der Waals surface area contributed by atoms with Gasteiger partial charge in [0.15, 0.2) is 5.17 Å². The molecule has 86 valence electrons. The Morgan fingerprint density at radius 1 is 1.44 bits per heavy atom. The smallest absolute Gasteiger partial charge is 0.161 e. The number of benzene rings is 1. The van der Waals surface area contributed by atoms with Gasteiger partial charge in [0.25, 0.3) is 0 Å². The fraction of sp³-hybridized carbons (Fsp3) is 0.417. The van der Waals surface area contributed by atoms with Crippen LogP contribution in [0, 0.1) is 6.92 Å². The fourth-order valence-electron chi connectivity index (χ4n) is 1.51. The summed E-state index contributed by atoms with van der Waals surface area (Å²) in [5.41, 5.74) is 2.40. The fourth-order valence-corrected chi connectivity index (χ4v) is 2.92. The predicted molar refractivity (Wildman–Crippen MR) is 76.5 cm³/mol. The topological polar surface area (TPSA) is 24.4 Å². The van der Waals surface area contributed by atoms with E-state index in [-0.39, 0.29) is 5.54 Å². The molecule has 1 heterocycles. The minimum Gasteiger partial charge on any atom is -0.335 e. The molecule has 1 aromatic carbocycles. The Morgan fingerprint density at radius 2 is 2.19 bits per heavy atom. The summed E-state index contributed by atoms with van der Waals surface area (Å²) < 4.78 is 1.13. The van der Waals surface area contributed by atoms with Crippen LogP contribution < -0.4 is 5.32 Å². The molecule has 0 spiro atoms. The van der Waals surface area contributed by atoms with Crippen LogP contribution in [-0.4, -0.2) is 16.5 Å². The van der Waals surface area contributed by atoms with Gasteiger partial charge in [0.1, 0.15) is 0 Å². The number of anilines is 1. The number of halogens is 1. The van der Waals surface area contributed by atoms with E-state index in [9.17, 15) is 0 Å². The molecule has 0 saturated carbocycles. The van der Waals surface area contributed by atoms with Crippen LogP contribution in [0.1, 0.15) is 19.4 Å². The van der Waals surface area contributed by atoms with E-state index in [1.54, 1.807) is 11.8 Å². The summed E-state index contributed by atoms with van der Waals surface area (Å²) in [5, 5.41) is 4.41. The maximum absolute atomic E-state index is 4.64. The van der Waals surface area contributed by atoms with Crippen molar-refractivity contribution in [2.75, 3.05) is 11.1 Å². The quantitative estimate of drug-likeness (QED) is 0.846. The summed E-state index contributed by atoms with van der Waals surface area (Å²) in [4.78, 5) is 4.64. The van der Waals surface area contributed by atoms with Gasteiger partial charge >= 0.3 is 0 Å². The molecular weight excluding hydrogens is 284 g/mol. The van der Waals surface area contributed by atoms with Gasteiger partial charge in [0.05, 0.1) is 5.54 Å². The molecule has 0 aliphatic carbocycles. The monoisotopic (exact) mass is 298 g/mol. The third-order valence-electron chi connectivity index (χ3n) is 2.48. The first kappa shape index (κ1) is 12.0. The molecule has 1 aliphatic rings. The molecule has 0 fully saturated rings. The molecule has 0 unspecified atom stereocenters. The molecule has 16 heavy (non-hydrogen) atoms. The van der Waals surface area contributed by atoms with Crippen molar-refractivity contribution in [2.24, 2.45) is 4.99 Å². The normalized spacial score (nSPS) is 18.4. The Bertz CT molecular complexity index is 441. The molecule has 0 radical (unpaired) electrons. The van der Waals surface area contributed by atoms with Gasteiger partial charge in [-0.25, -0.2) is 0 Å². The van der Waals surface area contributed by atoms with E-state index in [1.165, 1.54) is 5.56 Å². The number of nitrogens with one attached hydrogen (secondary N) is 1. The minimum atomic E-state index is 0.0624. The van der Waals surface area contributed by atoms with E-state index in [4.69, 9.17) is 0 Å². The molecule has 1 aromatic rings. The van der Waals surface area contributed by atoms with Crippen molar-refractivity contribution in [1.29, 1.82) is 0 Å². The number of hydrogen-bond acceptors (Lipinski definition) is 3. The van der Waals surface area contributed by atoms with E-state index in [0.29, 0.717) is 0 Å². The zero-order valence-corrected chi connectivity index (χ0v) is 12.1. The SMILES string of the molecule is Cc1c(Br)cccc1NC1=NC(C)(C)CS1. The lowest BCUT2D eigenvalue weighted by Crippen LogP contribution is -2.15. The van der Waals surface area contributed by atoms with Crippen molar-refractivity contribution >= 4 is 38.5 Å². The molecule has 2 rings (SSSR count). The van der Waals surface area contributed by atoms with E-state index < -0.39 is 0 Å². The van der Waals surface area contributed by atoms with Crippen molar-refractivity contribution in [3.8, 4) is 0 Å². The maximum Gasteiger partial charge on any atom is 0.161 e. The number of aliphatic imine (C=N–C) groups is 1. The van der Waals surface area contributed by atoms with E-state index in [1.807, 2.05) is 12.1 Å².